The molecule has 172 valence electrons. The van der Waals surface area contributed by atoms with Gasteiger partial charge in [-0.3, -0.25) is 14.3 Å². The lowest BCUT2D eigenvalue weighted by molar-refractivity contribution is -0.116. The van der Waals surface area contributed by atoms with Crippen LogP contribution < -0.4 is 4.90 Å². The average Bonchev–Trinajstić information content (AvgIpc) is 3.50. The van der Waals surface area contributed by atoms with Gasteiger partial charge in [0, 0.05) is 28.4 Å². The van der Waals surface area contributed by atoms with Gasteiger partial charge in [0.25, 0.3) is 0 Å². The number of nitrogens with one attached hydrogen (secondary N) is 1. The number of aromatic nitrogens is 4. The Morgan fingerprint density at radius 1 is 1.03 bits per heavy atom. The van der Waals surface area contributed by atoms with Crippen LogP contribution >= 0.6 is 11.8 Å². The Hall–Kier alpha value is -4.35. The van der Waals surface area contributed by atoms with E-state index in [1.54, 1.807) is 0 Å². The van der Waals surface area contributed by atoms with Gasteiger partial charge >= 0.3 is 0 Å². The number of carbonyl (C=O) groups excluding carboxylic acids is 1. The molecular formula is C27H22N6OS. The molecule has 2 aromatic heterocycles. The van der Waals surface area contributed by atoms with Crippen LogP contribution in [0.15, 0.2) is 90.2 Å². The number of anilines is 1. The highest BCUT2D eigenvalue weighted by Gasteiger charge is 2.22. The van der Waals surface area contributed by atoms with Crippen LogP contribution in [-0.2, 0) is 4.79 Å². The van der Waals surface area contributed by atoms with Gasteiger partial charge in [0.2, 0.25) is 5.91 Å². The Labute approximate surface area is 207 Å². The fourth-order valence-corrected chi connectivity index (χ4v) is 4.85. The maximum atomic E-state index is 13.1. The molecule has 5 rings (SSSR count). The molecule has 35 heavy (non-hydrogen) atoms. The number of thioether (sulfide) groups is 1. The number of benzene rings is 3. The molecule has 8 heteroatoms. The Morgan fingerprint density at radius 3 is 2.57 bits per heavy atom. The summed E-state index contributed by atoms with van der Waals surface area (Å²) in [5.74, 6) is 0.647. The molecule has 0 radical (unpaired) electrons. The van der Waals surface area contributed by atoms with E-state index in [2.05, 4.69) is 21.3 Å². The molecule has 0 unspecified atom stereocenters. The zero-order valence-corrected chi connectivity index (χ0v) is 19.9. The number of amides is 1. The van der Waals surface area contributed by atoms with E-state index in [0.29, 0.717) is 16.7 Å². The van der Waals surface area contributed by atoms with Crippen molar-refractivity contribution < 1.29 is 4.79 Å². The number of para-hydroxylation sites is 3. The Balaban J connectivity index is 1.52. The maximum absolute atomic E-state index is 13.1. The van der Waals surface area contributed by atoms with Crippen LogP contribution in [0.25, 0.3) is 28.0 Å². The molecule has 0 atom stereocenters. The summed E-state index contributed by atoms with van der Waals surface area (Å²) in [6, 6.07) is 27.4. The highest BCUT2D eigenvalue weighted by molar-refractivity contribution is 7.99. The molecule has 0 fully saturated rings. The molecule has 0 aliphatic rings. The first-order valence-electron chi connectivity index (χ1n) is 11.1. The van der Waals surface area contributed by atoms with Crippen molar-refractivity contribution in [3.05, 3.63) is 90.6 Å². The summed E-state index contributed by atoms with van der Waals surface area (Å²) in [4.78, 5) is 17.9. The number of hydrogen-bond donors (Lipinski definition) is 1. The van der Waals surface area contributed by atoms with Crippen molar-refractivity contribution in [3.8, 4) is 23.1 Å². The van der Waals surface area contributed by atoms with Gasteiger partial charge < -0.3 is 4.98 Å². The zero-order valence-electron chi connectivity index (χ0n) is 19.0. The molecule has 2 heterocycles. The van der Waals surface area contributed by atoms with E-state index < -0.39 is 0 Å². The van der Waals surface area contributed by atoms with Crippen LogP contribution in [-0.4, -0.2) is 38.0 Å². The van der Waals surface area contributed by atoms with E-state index >= 15 is 0 Å². The first kappa shape index (κ1) is 22.4. The first-order chi connectivity index (χ1) is 17.2. The van der Waals surface area contributed by atoms with Gasteiger partial charge in [-0.15, -0.1) is 10.2 Å². The number of carbonyl (C=O) groups is 1. The predicted molar refractivity (Wildman–Crippen MR) is 139 cm³/mol. The van der Waals surface area contributed by atoms with E-state index in [-0.39, 0.29) is 18.2 Å². The number of H-pyrrole nitrogens is 1. The van der Waals surface area contributed by atoms with Crippen LogP contribution in [0.3, 0.4) is 0 Å². The SMILES string of the molecule is Cc1ccccc1-n1c(SCC(=O)N(CC#N)c2ccccc2)nnc1-c1c[nH]c2ccccc12. The van der Waals surface area contributed by atoms with Crippen LogP contribution in [0.5, 0.6) is 0 Å². The Bertz CT molecular complexity index is 1530. The minimum absolute atomic E-state index is 0.0194. The summed E-state index contributed by atoms with van der Waals surface area (Å²) in [5, 5.41) is 19.9. The molecule has 0 saturated heterocycles. The van der Waals surface area contributed by atoms with E-state index in [4.69, 9.17) is 0 Å². The number of hydrogen-bond acceptors (Lipinski definition) is 5. The monoisotopic (exact) mass is 478 g/mol. The summed E-state index contributed by atoms with van der Waals surface area (Å²) in [5.41, 5.74) is 4.66. The number of nitriles is 1. The number of nitrogens with zero attached hydrogens (tertiary/aromatic N) is 5. The molecule has 1 N–H and O–H groups in total. The summed E-state index contributed by atoms with van der Waals surface area (Å²) in [6.45, 7) is 2.02. The summed E-state index contributed by atoms with van der Waals surface area (Å²) in [6.07, 6.45) is 1.94. The van der Waals surface area contributed by atoms with Crippen molar-refractivity contribution >= 4 is 34.3 Å². The van der Waals surface area contributed by atoms with Gasteiger partial charge in [0.1, 0.15) is 6.54 Å². The lowest BCUT2D eigenvalue weighted by Crippen LogP contribution is -2.32. The lowest BCUT2D eigenvalue weighted by atomic mass is 10.1. The van der Waals surface area contributed by atoms with E-state index in [9.17, 15) is 10.1 Å². The Kier molecular flexibility index (Phi) is 6.33. The standard InChI is InChI=1S/C27H22N6OS/c1-19-9-5-8-14-24(19)33-26(22-17-29-23-13-7-6-12-21(22)23)30-31-27(33)35-18-25(34)32(16-15-28)20-10-3-2-4-11-20/h2-14,17,29H,16,18H2,1H3. The van der Waals surface area contributed by atoms with Crippen molar-refractivity contribution in [1.29, 1.82) is 5.26 Å². The smallest absolute Gasteiger partial charge is 0.238 e. The van der Waals surface area contributed by atoms with Crippen molar-refractivity contribution in [2.24, 2.45) is 0 Å². The summed E-state index contributed by atoms with van der Waals surface area (Å²) < 4.78 is 2.00. The van der Waals surface area contributed by atoms with Crippen LogP contribution in [0.1, 0.15) is 5.56 Å². The number of fused-ring (bicyclic) bond motifs is 1. The molecule has 0 aliphatic heterocycles. The molecule has 0 bridgehead atoms. The largest absolute Gasteiger partial charge is 0.360 e. The second-order valence-electron chi connectivity index (χ2n) is 7.94. The third-order valence-electron chi connectivity index (χ3n) is 5.74. The predicted octanol–water partition coefficient (Wildman–Crippen LogP) is 5.37. The normalized spacial score (nSPS) is 10.9. The van der Waals surface area contributed by atoms with Gasteiger partial charge in [-0.05, 0) is 36.8 Å². The highest BCUT2D eigenvalue weighted by atomic mass is 32.2. The topological polar surface area (TPSA) is 90.6 Å². The van der Waals surface area contributed by atoms with Crippen molar-refractivity contribution in [2.75, 3.05) is 17.2 Å². The third-order valence-corrected chi connectivity index (χ3v) is 6.66. The fraction of sp³-hybridized carbons (Fsp3) is 0.111. The third kappa shape index (κ3) is 4.42. The average molecular weight is 479 g/mol. The van der Waals surface area contributed by atoms with Crippen molar-refractivity contribution in [2.45, 2.75) is 12.1 Å². The minimum Gasteiger partial charge on any atom is -0.360 e. The molecule has 0 aliphatic carbocycles. The molecule has 5 aromatic rings. The van der Waals surface area contributed by atoms with E-state index in [0.717, 1.165) is 27.7 Å². The molecule has 0 spiro atoms. The first-order valence-corrected chi connectivity index (χ1v) is 12.1. The molecular weight excluding hydrogens is 456 g/mol. The van der Waals surface area contributed by atoms with Gasteiger partial charge in [-0.1, -0.05) is 66.4 Å². The minimum atomic E-state index is -0.171. The molecule has 1 amide bonds. The zero-order chi connectivity index (χ0) is 24.2. The van der Waals surface area contributed by atoms with E-state index in [1.807, 2.05) is 96.6 Å². The van der Waals surface area contributed by atoms with Crippen molar-refractivity contribution in [3.63, 3.8) is 0 Å². The summed E-state index contributed by atoms with van der Waals surface area (Å²) in [7, 11) is 0. The van der Waals surface area contributed by atoms with Crippen LogP contribution in [0, 0.1) is 18.3 Å². The number of aryl methyl sites for hydroxylation is 1. The second-order valence-corrected chi connectivity index (χ2v) is 8.88. The fourth-order valence-electron chi connectivity index (χ4n) is 4.03. The molecule has 7 nitrogen and oxygen atoms in total. The molecule has 0 saturated carbocycles. The van der Waals surface area contributed by atoms with E-state index in [1.165, 1.54) is 16.7 Å². The molecule has 3 aromatic carbocycles. The lowest BCUT2D eigenvalue weighted by Gasteiger charge is -2.19. The van der Waals surface area contributed by atoms with Crippen LogP contribution in [0.2, 0.25) is 0 Å². The number of rotatable bonds is 7. The number of aromatic amines is 1. The van der Waals surface area contributed by atoms with Gasteiger partial charge in [-0.25, -0.2) is 0 Å². The van der Waals surface area contributed by atoms with Gasteiger partial charge in [0.15, 0.2) is 11.0 Å². The van der Waals surface area contributed by atoms with Crippen molar-refractivity contribution in [1.82, 2.24) is 19.7 Å². The highest BCUT2D eigenvalue weighted by Crippen LogP contribution is 2.33. The maximum Gasteiger partial charge on any atom is 0.238 e. The van der Waals surface area contributed by atoms with Gasteiger partial charge in [0.05, 0.1) is 17.5 Å². The van der Waals surface area contributed by atoms with Gasteiger partial charge in [-0.2, -0.15) is 5.26 Å². The van der Waals surface area contributed by atoms with Crippen LogP contribution in [0.4, 0.5) is 5.69 Å². The quantitative estimate of drug-likeness (QED) is 0.251. The summed E-state index contributed by atoms with van der Waals surface area (Å²) >= 11 is 1.31. The Morgan fingerprint density at radius 2 is 1.77 bits per heavy atom. The second kappa shape index (κ2) is 9.87.